The van der Waals surface area contributed by atoms with Crippen LogP contribution in [0, 0.1) is 0 Å². The largest absolute Gasteiger partial charge is 0.467 e. The molecular formula is C12H17BrN2O4S. The first-order valence-electron chi connectivity index (χ1n) is 5.88. The summed E-state index contributed by atoms with van der Waals surface area (Å²) in [6.45, 7) is 5.24. The lowest BCUT2D eigenvalue weighted by molar-refractivity contribution is -0.143. The SMILES string of the molecule is COC(=O)[C@H](Cc1nc(Br)cs1)NC(=O)OC(C)(C)C. The smallest absolute Gasteiger partial charge is 0.408 e. The number of thiazole rings is 1. The zero-order chi connectivity index (χ0) is 15.3. The van der Waals surface area contributed by atoms with Gasteiger partial charge in [0.1, 0.15) is 16.2 Å². The third kappa shape index (κ3) is 5.87. The summed E-state index contributed by atoms with van der Waals surface area (Å²) in [6.07, 6.45) is -0.411. The molecule has 1 rings (SSSR count). The summed E-state index contributed by atoms with van der Waals surface area (Å²) in [5, 5.41) is 5.01. The molecule has 1 heterocycles. The maximum Gasteiger partial charge on any atom is 0.408 e. The quantitative estimate of drug-likeness (QED) is 0.830. The summed E-state index contributed by atoms with van der Waals surface area (Å²) in [5.74, 6) is -0.540. The Morgan fingerprint density at radius 2 is 2.15 bits per heavy atom. The molecule has 1 atom stereocenters. The zero-order valence-electron chi connectivity index (χ0n) is 11.7. The van der Waals surface area contributed by atoms with E-state index in [0.29, 0.717) is 9.61 Å². The van der Waals surface area contributed by atoms with Crippen LogP contribution in [0.1, 0.15) is 25.8 Å². The van der Waals surface area contributed by atoms with Crippen LogP contribution in [-0.2, 0) is 20.7 Å². The third-order valence-electron chi connectivity index (χ3n) is 2.08. The Balaban J connectivity index is 2.70. The van der Waals surface area contributed by atoms with Gasteiger partial charge >= 0.3 is 12.1 Å². The second kappa shape index (κ2) is 7.03. The number of nitrogens with zero attached hydrogens (tertiary/aromatic N) is 1. The normalized spacial score (nSPS) is 12.7. The van der Waals surface area contributed by atoms with Gasteiger partial charge < -0.3 is 14.8 Å². The number of esters is 1. The Morgan fingerprint density at radius 3 is 2.60 bits per heavy atom. The molecule has 1 amide bonds. The van der Waals surface area contributed by atoms with E-state index in [1.807, 2.05) is 0 Å². The first-order valence-corrected chi connectivity index (χ1v) is 7.56. The highest BCUT2D eigenvalue weighted by molar-refractivity contribution is 9.10. The number of ether oxygens (including phenoxy) is 2. The molecule has 0 saturated heterocycles. The number of hydrogen-bond acceptors (Lipinski definition) is 6. The van der Waals surface area contributed by atoms with E-state index < -0.39 is 23.7 Å². The monoisotopic (exact) mass is 364 g/mol. The average molecular weight is 365 g/mol. The standard InChI is InChI=1S/C12H17BrN2O4S/c1-12(2,3)19-11(17)14-7(10(16)18-4)5-9-15-8(13)6-20-9/h6-7H,5H2,1-4H3,(H,14,17)/t7-/m0/s1. The number of aromatic nitrogens is 1. The van der Waals surface area contributed by atoms with Crippen molar-refractivity contribution in [2.45, 2.75) is 38.8 Å². The lowest BCUT2D eigenvalue weighted by Crippen LogP contribution is -2.45. The minimum Gasteiger partial charge on any atom is -0.467 e. The lowest BCUT2D eigenvalue weighted by Gasteiger charge is -2.22. The molecule has 0 aliphatic heterocycles. The van der Waals surface area contributed by atoms with Crippen LogP contribution in [0.5, 0.6) is 0 Å². The van der Waals surface area contributed by atoms with Gasteiger partial charge in [0.15, 0.2) is 0 Å². The topological polar surface area (TPSA) is 77.5 Å². The summed E-state index contributed by atoms with van der Waals surface area (Å²) in [4.78, 5) is 27.6. The van der Waals surface area contributed by atoms with Gasteiger partial charge in [-0.3, -0.25) is 0 Å². The van der Waals surface area contributed by atoms with Crippen LogP contribution in [0.2, 0.25) is 0 Å². The summed E-state index contributed by atoms with van der Waals surface area (Å²) < 4.78 is 10.5. The Labute approximate surface area is 130 Å². The summed E-state index contributed by atoms with van der Waals surface area (Å²) in [7, 11) is 1.27. The highest BCUT2D eigenvalue weighted by Crippen LogP contribution is 2.17. The van der Waals surface area contributed by atoms with Crippen molar-refractivity contribution >= 4 is 39.3 Å². The van der Waals surface area contributed by atoms with Crippen LogP contribution in [0.3, 0.4) is 0 Å². The lowest BCUT2D eigenvalue weighted by atomic mass is 10.2. The van der Waals surface area contributed by atoms with Crippen LogP contribution < -0.4 is 5.32 Å². The van der Waals surface area contributed by atoms with Crippen LogP contribution in [-0.4, -0.2) is 35.8 Å². The highest BCUT2D eigenvalue weighted by Gasteiger charge is 2.26. The van der Waals surface area contributed by atoms with Crippen LogP contribution in [0.25, 0.3) is 0 Å². The molecular weight excluding hydrogens is 348 g/mol. The van der Waals surface area contributed by atoms with Gasteiger partial charge in [-0.25, -0.2) is 14.6 Å². The van der Waals surface area contributed by atoms with Gasteiger partial charge in [0.05, 0.1) is 12.1 Å². The first kappa shape index (κ1) is 16.9. The van der Waals surface area contributed by atoms with E-state index in [-0.39, 0.29) is 6.42 Å². The van der Waals surface area contributed by atoms with E-state index in [4.69, 9.17) is 4.74 Å². The van der Waals surface area contributed by atoms with Gasteiger partial charge in [0.25, 0.3) is 0 Å². The molecule has 0 aliphatic carbocycles. The number of amides is 1. The number of methoxy groups -OCH3 is 1. The maximum atomic E-state index is 11.7. The van der Waals surface area contributed by atoms with Crippen molar-refractivity contribution in [3.05, 3.63) is 15.0 Å². The van der Waals surface area contributed by atoms with Crippen molar-refractivity contribution < 1.29 is 19.1 Å². The fraction of sp³-hybridized carbons (Fsp3) is 0.583. The summed E-state index contributed by atoms with van der Waals surface area (Å²) in [6, 6.07) is -0.826. The van der Waals surface area contributed by atoms with Crippen molar-refractivity contribution in [3.63, 3.8) is 0 Å². The van der Waals surface area contributed by atoms with E-state index >= 15 is 0 Å². The molecule has 20 heavy (non-hydrogen) atoms. The van der Waals surface area contributed by atoms with Gasteiger partial charge in [-0.1, -0.05) is 0 Å². The van der Waals surface area contributed by atoms with Crippen LogP contribution in [0.15, 0.2) is 9.98 Å². The minimum absolute atomic E-state index is 0.252. The number of rotatable bonds is 4. The van der Waals surface area contributed by atoms with E-state index in [1.165, 1.54) is 18.4 Å². The predicted octanol–water partition coefficient (Wildman–Crippen LogP) is 2.51. The Kier molecular flexibility index (Phi) is 5.94. The highest BCUT2D eigenvalue weighted by atomic mass is 79.9. The van der Waals surface area contributed by atoms with Crippen molar-refractivity contribution in [2.75, 3.05) is 7.11 Å². The molecule has 1 aromatic heterocycles. The van der Waals surface area contributed by atoms with Crippen molar-refractivity contribution in [1.29, 1.82) is 0 Å². The second-order valence-corrected chi connectivity index (χ2v) is 6.75. The van der Waals surface area contributed by atoms with E-state index in [2.05, 4.69) is 31.0 Å². The Morgan fingerprint density at radius 1 is 1.50 bits per heavy atom. The van der Waals surface area contributed by atoms with Crippen LogP contribution >= 0.6 is 27.3 Å². The molecule has 112 valence electrons. The molecule has 0 spiro atoms. The molecule has 0 aromatic carbocycles. The van der Waals surface area contributed by atoms with Crippen molar-refractivity contribution in [2.24, 2.45) is 0 Å². The number of hydrogen-bond donors (Lipinski definition) is 1. The van der Waals surface area contributed by atoms with Crippen molar-refractivity contribution in [1.82, 2.24) is 10.3 Å². The molecule has 6 nitrogen and oxygen atoms in total. The molecule has 0 unspecified atom stereocenters. The fourth-order valence-electron chi connectivity index (χ4n) is 1.34. The Bertz CT molecular complexity index is 484. The molecule has 0 saturated carbocycles. The molecule has 1 N–H and O–H groups in total. The molecule has 0 radical (unpaired) electrons. The zero-order valence-corrected chi connectivity index (χ0v) is 14.1. The number of carbonyl (C=O) groups excluding carboxylic acids is 2. The molecule has 0 fully saturated rings. The average Bonchev–Trinajstić information content (AvgIpc) is 2.70. The van der Waals surface area contributed by atoms with Gasteiger partial charge in [-0.15, -0.1) is 11.3 Å². The molecule has 0 bridgehead atoms. The molecule has 0 aliphatic rings. The number of halogens is 1. The van der Waals surface area contributed by atoms with Gasteiger partial charge in [0, 0.05) is 11.8 Å². The minimum atomic E-state index is -0.826. The third-order valence-corrected chi connectivity index (χ3v) is 3.66. The number of nitrogens with one attached hydrogen (secondary N) is 1. The van der Waals surface area contributed by atoms with Crippen LogP contribution in [0.4, 0.5) is 4.79 Å². The van der Waals surface area contributed by atoms with Gasteiger partial charge in [-0.2, -0.15) is 0 Å². The number of alkyl carbamates (subject to hydrolysis) is 1. The summed E-state index contributed by atoms with van der Waals surface area (Å²) in [5.41, 5.74) is -0.630. The molecule has 1 aromatic rings. The first-order chi connectivity index (χ1) is 9.21. The number of carbonyl (C=O) groups is 2. The summed E-state index contributed by atoms with van der Waals surface area (Å²) >= 11 is 4.63. The van der Waals surface area contributed by atoms with Gasteiger partial charge in [0.2, 0.25) is 0 Å². The van der Waals surface area contributed by atoms with E-state index in [9.17, 15) is 9.59 Å². The second-order valence-electron chi connectivity index (χ2n) is 4.99. The predicted molar refractivity (Wildman–Crippen MR) is 78.7 cm³/mol. The van der Waals surface area contributed by atoms with E-state index in [0.717, 1.165) is 0 Å². The van der Waals surface area contributed by atoms with Gasteiger partial charge in [-0.05, 0) is 36.7 Å². The molecule has 8 heteroatoms. The fourth-order valence-corrected chi connectivity index (χ4v) is 2.65. The van der Waals surface area contributed by atoms with Crippen molar-refractivity contribution in [3.8, 4) is 0 Å². The Hall–Kier alpha value is -1.15. The maximum absolute atomic E-state index is 11.7. The van der Waals surface area contributed by atoms with E-state index in [1.54, 1.807) is 26.2 Å².